The Bertz CT molecular complexity index is 807. The van der Waals surface area contributed by atoms with Gasteiger partial charge in [0.2, 0.25) is 0 Å². The van der Waals surface area contributed by atoms with E-state index in [4.69, 9.17) is 14.2 Å². The maximum atomic E-state index is 12.9. The summed E-state index contributed by atoms with van der Waals surface area (Å²) in [5.74, 6) is 1.56. The van der Waals surface area contributed by atoms with Crippen molar-refractivity contribution in [1.29, 1.82) is 0 Å². The highest BCUT2D eigenvalue weighted by atomic mass is 16.7. The van der Waals surface area contributed by atoms with Crippen LogP contribution in [0.1, 0.15) is 24.0 Å². The highest BCUT2D eigenvalue weighted by molar-refractivity contribution is 6.02. The largest absolute Gasteiger partial charge is 0.497 e. The third-order valence-electron chi connectivity index (χ3n) is 4.66. The molecule has 2 aromatic rings. The minimum absolute atomic E-state index is 0.131. The SMILES string of the molecule is COCOc1ccc(NC(=O)N2CCCCc3cc(OC)ccc32)cc1C. The number of carbonyl (C=O) groups excluding carboxylic acids is 1. The van der Waals surface area contributed by atoms with Gasteiger partial charge in [0.1, 0.15) is 11.5 Å². The molecule has 1 heterocycles. The van der Waals surface area contributed by atoms with E-state index >= 15 is 0 Å². The van der Waals surface area contributed by atoms with Gasteiger partial charge in [0.25, 0.3) is 0 Å². The van der Waals surface area contributed by atoms with Crippen LogP contribution in [-0.2, 0) is 11.2 Å². The Balaban J connectivity index is 1.77. The van der Waals surface area contributed by atoms with E-state index in [0.717, 1.165) is 53.3 Å². The van der Waals surface area contributed by atoms with Crippen molar-refractivity contribution in [1.82, 2.24) is 0 Å². The lowest BCUT2D eigenvalue weighted by Gasteiger charge is -2.24. The summed E-state index contributed by atoms with van der Waals surface area (Å²) in [6.45, 7) is 2.83. The van der Waals surface area contributed by atoms with E-state index in [9.17, 15) is 4.79 Å². The van der Waals surface area contributed by atoms with Gasteiger partial charge < -0.3 is 19.5 Å². The van der Waals surface area contributed by atoms with Crippen LogP contribution in [0.25, 0.3) is 0 Å². The van der Waals surface area contributed by atoms with Gasteiger partial charge in [-0.05, 0) is 73.7 Å². The molecule has 2 amide bonds. The van der Waals surface area contributed by atoms with E-state index in [1.165, 1.54) is 0 Å². The van der Waals surface area contributed by atoms with Gasteiger partial charge in [0.05, 0.1) is 7.11 Å². The molecule has 0 spiro atoms. The minimum Gasteiger partial charge on any atom is -0.497 e. The number of carbonyl (C=O) groups is 1. The fraction of sp³-hybridized carbons (Fsp3) is 0.381. The molecule has 0 atom stereocenters. The second kappa shape index (κ2) is 8.77. The molecule has 2 aromatic carbocycles. The number of hydrogen-bond donors (Lipinski definition) is 1. The molecule has 0 aliphatic carbocycles. The average molecular weight is 370 g/mol. The van der Waals surface area contributed by atoms with Gasteiger partial charge >= 0.3 is 6.03 Å². The lowest BCUT2D eigenvalue weighted by Crippen LogP contribution is -2.35. The van der Waals surface area contributed by atoms with E-state index in [-0.39, 0.29) is 12.8 Å². The first-order chi connectivity index (χ1) is 13.1. The maximum absolute atomic E-state index is 12.9. The molecule has 0 saturated carbocycles. The van der Waals surface area contributed by atoms with Crippen LogP contribution in [0.2, 0.25) is 0 Å². The molecule has 27 heavy (non-hydrogen) atoms. The number of benzene rings is 2. The molecule has 1 aliphatic heterocycles. The van der Waals surface area contributed by atoms with Gasteiger partial charge in [-0.3, -0.25) is 4.90 Å². The highest BCUT2D eigenvalue weighted by Gasteiger charge is 2.22. The molecule has 1 N–H and O–H groups in total. The third-order valence-corrected chi connectivity index (χ3v) is 4.66. The molecule has 0 radical (unpaired) electrons. The van der Waals surface area contributed by atoms with E-state index < -0.39 is 0 Å². The molecule has 0 bridgehead atoms. The van der Waals surface area contributed by atoms with Gasteiger partial charge in [0.15, 0.2) is 6.79 Å². The number of hydrogen-bond acceptors (Lipinski definition) is 4. The number of fused-ring (bicyclic) bond motifs is 1. The van der Waals surface area contributed by atoms with E-state index in [2.05, 4.69) is 5.32 Å². The quantitative estimate of drug-likeness (QED) is 0.795. The predicted molar refractivity (Wildman–Crippen MR) is 106 cm³/mol. The number of amides is 2. The second-order valence-electron chi connectivity index (χ2n) is 6.56. The summed E-state index contributed by atoms with van der Waals surface area (Å²) < 4.78 is 15.7. The lowest BCUT2D eigenvalue weighted by atomic mass is 10.1. The minimum atomic E-state index is -0.131. The third kappa shape index (κ3) is 4.52. The highest BCUT2D eigenvalue weighted by Crippen LogP contribution is 2.30. The van der Waals surface area contributed by atoms with E-state index in [1.54, 1.807) is 14.2 Å². The summed E-state index contributed by atoms with van der Waals surface area (Å²) in [6, 6.07) is 11.3. The van der Waals surface area contributed by atoms with Crippen LogP contribution >= 0.6 is 0 Å². The molecule has 1 aliphatic rings. The van der Waals surface area contributed by atoms with Gasteiger partial charge in [-0.25, -0.2) is 4.79 Å². The summed E-state index contributed by atoms with van der Waals surface area (Å²) in [5.41, 5.74) is 3.76. The molecule has 144 valence electrons. The first-order valence-corrected chi connectivity index (χ1v) is 9.10. The summed E-state index contributed by atoms with van der Waals surface area (Å²) in [5, 5.41) is 3.00. The van der Waals surface area contributed by atoms with Gasteiger partial charge in [-0.15, -0.1) is 0 Å². The van der Waals surface area contributed by atoms with Gasteiger partial charge in [-0.1, -0.05) is 0 Å². The Kier molecular flexibility index (Phi) is 6.19. The Hall–Kier alpha value is -2.73. The smallest absolute Gasteiger partial charge is 0.326 e. The molecule has 6 heteroatoms. The van der Waals surface area contributed by atoms with Crippen molar-refractivity contribution in [2.75, 3.05) is 37.8 Å². The van der Waals surface area contributed by atoms with Crippen molar-refractivity contribution in [2.24, 2.45) is 0 Å². The zero-order valence-electron chi connectivity index (χ0n) is 16.1. The fourth-order valence-corrected chi connectivity index (χ4v) is 3.27. The second-order valence-corrected chi connectivity index (χ2v) is 6.56. The number of aryl methyl sites for hydroxylation is 2. The number of nitrogens with zero attached hydrogens (tertiary/aromatic N) is 1. The zero-order valence-corrected chi connectivity index (χ0v) is 16.1. The first kappa shape index (κ1) is 19.0. The van der Waals surface area contributed by atoms with E-state index in [0.29, 0.717) is 6.54 Å². The predicted octanol–water partition coefficient (Wildman–Crippen LogP) is 4.36. The molecule has 3 rings (SSSR count). The molecule has 0 saturated heterocycles. The standard InChI is InChI=1S/C21H26N2O4/c1-15-12-17(7-10-20(15)27-14-25-2)22-21(24)23-11-5-4-6-16-13-18(26-3)8-9-19(16)23/h7-10,12-13H,4-6,11,14H2,1-3H3,(H,22,24). The summed E-state index contributed by atoms with van der Waals surface area (Å²) in [6.07, 6.45) is 2.96. The van der Waals surface area contributed by atoms with Gasteiger partial charge in [0, 0.05) is 25.0 Å². The van der Waals surface area contributed by atoms with Crippen LogP contribution in [0, 0.1) is 6.92 Å². The first-order valence-electron chi connectivity index (χ1n) is 9.10. The van der Waals surface area contributed by atoms with Crippen molar-refractivity contribution in [2.45, 2.75) is 26.2 Å². The molecule has 0 aromatic heterocycles. The van der Waals surface area contributed by atoms with Gasteiger partial charge in [-0.2, -0.15) is 0 Å². The van der Waals surface area contributed by atoms with Crippen molar-refractivity contribution in [3.8, 4) is 11.5 Å². The molecular formula is C21H26N2O4. The van der Waals surface area contributed by atoms with Crippen molar-refractivity contribution in [3.05, 3.63) is 47.5 Å². The van der Waals surface area contributed by atoms with Crippen LogP contribution in [0.15, 0.2) is 36.4 Å². The normalized spacial score (nSPS) is 13.5. The van der Waals surface area contributed by atoms with E-state index in [1.807, 2.05) is 48.2 Å². The fourth-order valence-electron chi connectivity index (χ4n) is 3.27. The number of urea groups is 1. The van der Waals surface area contributed by atoms with Crippen molar-refractivity contribution in [3.63, 3.8) is 0 Å². The topological polar surface area (TPSA) is 60.0 Å². The van der Waals surface area contributed by atoms with Crippen LogP contribution < -0.4 is 19.7 Å². The number of anilines is 2. The van der Waals surface area contributed by atoms with Crippen LogP contribution in [0.3, 0.4) is 0 Å². The van der Waals surface area contributed by atoms with Crippen molar-refractivity contribution >= 4 is 17.4 Å². The summed E-state index contributed by atoms with van der Waals surface area (Å²) in [4.78, 5) is 14.8. The average Bonchev–Trinajstić information content (AvgIpc) is 2.89. The molecule has 0 fully saturated rings. The summed E-state index contributed by atoms with van der Waals surface area (Å²) in [7, 11) is 3.24. The number of nitrogens with one attached hydrogen (secondary N) is 1. The van der Waals surface area contributed by atoms with Crippen molar-refractivity contribution < 1.29 is 19.0 Å². The van der Waals surface area contributed by atoms with Crippen LogP contribution in [0.5, 0.6) is 11.5 Å². The Morgan fingerprint density at radius 3 is 2.74 bits per heavy atom. The summed E-state index contributed by atoms with van der Waals surface area (Å²) >= 11 is 0. The Morgan fingerprint density at radius 2 is 2.00 bits per heavy atom. The Labute approximate surface area is 160 Å². The zero-order chi connectivity index (χ0) is 19.2. The Morgan fingerprint density at radius 1 is 1.15 bits per heavy atom. The monoisotopic (exact) mass is 370 g/mol. The van der Waals surface area contributed by atoms with Crippen LogP contribution in [0.4, 0.5) is 16.2 Å². The molecule has 0 unspecified atom stereocenters. The number of methoxy groups -OCH3 is 2. The molecular weight excluding hydrogens is 344 g/mol. The number of rotatable bonds is 5. The lowest BCUT2D eigenvalue weighted by molar-refractivity contribution is 0.0506. The maximum Gasteiger partial charge on any atom is 0.326 e. The number of ether oxygens (including phenoxy) is 3. The van der Waals surface area contributed by atoms with Crippen LogP contribution in [-0.4, -0.2) is 33.6 Å². The molecule has 6 nitrogen and oxygen atoms in total.